The van der Waals surface area contributed by atoms with Gasteiger partial charge in [0, 0.05) is 6.08 Å². The molecule has 16 heavy (non-hydrogen) atoms. The van der Waals surface area contributed by atoms with Crippen molar-refractivity contribution in [3.8, 4) is 0 Å². The van der Waals surface area contributed by atoms with Crippen molar-refractivity contribution in [3.05, 3.63) is 40.8 Å². The molecule has 0 fully saturated rings. The second kappa shape index (κ2) is 6.25. The molecule has 0 saturated heterocycles. The first kappa shape index (κ1) is 12.7. The SMILES string of the molecule is CC=CC=CC(=O)Nc1ncnc(Cl)c1Cl. The van der Waals surface area contributed by atoms with Gasteiger partial charge in [-0.25, -0.2) is 9.97 Å². The van der Waals surface area contributed by atoms with Gasteiger partial charge in [0.1, 0.15) is 11.3 Å². The zero-order valence-electron chi connectivity index (χ0n) is 8.45. The minimum absolute atomic E-state index is 0.101. The van der Waals surface area contributed by atoms with Crippen LogP contribution < -0.4 is 5.32 Å². The first-order chi connectivity index (χ1) is 7.65. The summed E-state index contributed by atoms with van der Waals surface area (Å²) in [5.74, 6) is -0.147. The number of aromatic nitrogens is 2. The Hall–Kier alpha value is -1.39. The maximum Gasteiger partial charge on any atom is 0.249 e. The van der Waals surface area contributed by atoms with Gasteiger partial charge < -0.3 is 5.32 Å². The van der Waals surface area contributed by atoms with E-state index in [2.05, 4.69) is 15.3 Å². The Morgan fingerprint density at radius 3 is 2.81 bits per heavy atom. The van der Waals surface area contributed by atoms with E-state index in [9.17, 15) is 4.79 Å². The number of carbonyl (C=O) groups is 1. The van der Waals surface area contributed by atoms with Crippen molar-refractivity contribution < 1.29 is 4.79 Å². The summed E-state index contributed by atoms with van der Waals surface area (Å²) >= 11 is 11.4. The molecule has 0 aliphatic carbocycles. The van der Waals surface area contributed by atoms with E-state index in [1.165, 1.54) is 12.4 Å². The number of anilines is 1. The fourth-order valence-electron chi connectivity index (χ4n) is 0.848. The lowest BCUT2D eigenvalue weighted by Gasteiger charge is -2.03. The van der Waals surface area contributed by atoms with Gasteiger partial charge in [-0.05, 0) is 6.92 Å². The number of amides is 1. The molecule has 6 heteroatoms. The summed E-state index contributed by atoms with van der Waals surface area (Å²) in [7, 11) is 0. The van der Waals surface area contributed by atoms with Crippen LogP contribution in [0, 0.1) is 0 Å². The molecule has 1 amide bonds. The Morgan fingerprint density at radius 1 is 1.38 bits per heavy atom. The van der Waals surface area contributed by atoms with Gasteiger partial charge in [0.15, 0.2) is 11.0 Å². The van der Waals surface area contributed by atoms with Gasteiger partial charge >= 0.3 is 0 Å². The third-order valence-electron chi connectivity index (χ3n) is 1.54. The number of halogens is 2. The van der Waals surface area contributed by atoms with Crippen LogP contribution in [0.15, 0.2) is 30.6 Å². The van der Waals surface area contributed by atoms with Crippen LogP contribution in [0.1, 0.15) is 6.92 Å². The third-order valence-corrected chi connectivity index (χ3v) is 2.28. The van der Waals surface area contributed by atoms with E-state index < -0.39 is 0 Å². The smallest absolute Gasteiger partial charge is 0.249 e. The molecular formula is C10H9Cl2N3O. The number of nitrogens with zero attached hydrogens (tertiary/aromatic N) is 2. The second-order valence-electron chi connectivity index (χ2n) is 2.70. The van der Waals surface area contributed by atoms with Gasteiger partial charge in [-0.2, -0.15) is 0 Å². The summed E-state index contributed by atoms with van der Waals surface area (Å²) in [6.07, 6.45) is 7.71. The first-order valence-corrected chi connectivity index (χ1v) is 5.17. The lowest BCUT2D eigenvalue weighted by Crippen LogP contribution is -2.10. The van der Waals surface area contributed by atoms with E-state index in [4.69, 9.17) is 23.2 Å². The van der Waals surface area contributed by atoms with Gasteiger partial charge in [-0.1, -0.05) is 41.4 Å². The van der Waals surface area contributed by atoms with Gasteiger partial charge in [-0.3, -0.25) is 4.79 Å². The molecule has 0 aliphatic heterocycles. The number of nitrogens with one attached hydrogen (secondary N) is 1. The van der Waals surface area contributed by atoms with E-state index in [0.29, 0.717) is 0 Å². The van der Waals surface area contributed by atoms with Crippen molar-refractivity contribution in [1.29, 1.82) is 0 Å². The van der Waals surface area contributed by atoms with Crippen LogP contribution in [0.25, 0.3) is 0 Å². The molecule has 1 aromatic rings. The van der Waals surface area contributed by atoms with E-state index in [1.54, 1.807) is 18.2 Å². The summed E-state index contributed by atoms with van der Waals surface area (Å²) in [6, 6.07) is 0. The number of carbonyl (C=O) groups excluding carboxylic acids is 1. The molecule has 0 aromatic carbocycles. The predicted molar refractivity (Wildman–Crippen MR) is 64.6 cm³/mol. The summed E-state index contributed by atoms with van der Waals surface area (Å²) in [5, 5.41) is 2.71. The van der Waals surface area contributed by atoms with Crippen molar-refractivity contribution in [2.45, 2.75) is 6.92 Å². The molecule has 0 atom stereocenters. The van der Waals surface area contributed by atoms with Gasteiger partial charge in [0.05, 0.1) is 0 Å². The standard InChI is InChI=1S/C10H9Cl2N3O/c1-2-3-4-5-7(16)15-10-8(11)9(12)13-6-14-10/h2-6H,1H3,(H,13,14,15,16). The third kappa shape index (κ3) is 3.64. The fourth-order valence-corrected chi connectivity index (χ4v) is 1.13. The Labute approximate surface area is 103 Å². The van der Waals surface area contributed by atoms with Crippen molar-refractivity contribution >= 4 is 34.9 Å². The lowest BCUT2D eigenvalue weighted by molar-refractivity contribution is -0.111. The van der Waals surface area contributed by atoms with Crippen LogP contribution in [0.3, 0.4) is 0 Å². The molecule has 1 N–H and O–H groups in total. The zero-order chi connectivity index (χ0) is 12.0. The highest BCUT2D eigenvalue weighted by Gasteiger charge is 2.08. The highest BCUT2D eigenvalue weighted by atomic mass is 35.5. The van der Waals surface area contributed by atoms with Gasteiger partial charge in [0.25, 0.3) is 0 Å². The van der Waals surface area contributed by atoms with Crippen LogP contribution >= 0.6 is 23.2 Å². The molecule has 0 saturated carbocycles. The van der Waals surface area contributed by atoms with Crippen LogP contribution in [-0.4, -0.2) is 15.9 Å². The maximum atomic E-state index is 11.4. The molecule has 0 radical (unpaired) electrons. The molecule has 0 spiro atoms. The highest BCUT2D eigenvalue weighted by molar-refractivity contribution is 6.43. The van der Waals surface area contributed by atoms with E-state index in [1.807, 2.05) is 6.92 Å². The van der Waals surface area contributed by atoms with Crippen LogP contribution in [0.5, 0.6) is 0 Å². The average Bonchev–Trinajstić information content (AvgIpc) is 2.25. The monoisotopic (exact) mass is 257 g/mol. The van der Waals surface area contributed by atoms with Crippen LogP contribution in [0.4, 0.5) is 5.82 Å². The lowest BCUT2D eigenvalue weighted by atomic mass is 10.4. The first-order valence-electron chi connectivity index (χ1n) is 4.41. The van der Waals surface area contributed by atoms with Gasteiger partial charge in [0.2, 0.25) is 5.91 Å². The molecule has 1 aromatic heterocycles. The fraction of sp³-hybridized carbons (Fsp3) is 0.100. The number of allylic oxidation sites excluding steroid dienone is 3. The van der Waals surface area contributed by atoms with E-state index >= 15 is 0 Å². The molecule has 4 nitrogen and oxygen atoms in total. The minimum Gasteiger partial charge on any atom is -0.306 e. The van der Waals surface area contributed by atoms with Crippen LogP contribution in [0.2, 0.25) is 10.2 Å². The number of rotatable bonds is 3. The topological polar surface area (TPSA) is 54.9 Å². The Bertz CT molecular complexity index is 444. The summed E-state index contributed by atoms with van der Waals surface area (Å²) in [4.78, 5) is 18.8. The molecule has 1 heterocycles. The van der Waals surface area contributed by atoms with Gasteiger partial charge in [-0.15, -0.1) is 0 Å². The largest absolute Gasteiger partial charge is 0.306 e. The zero-order valence-corrected chi connectivity index (χ0v) is 9.96. The van der Waals surface area contributed by atoms with Crippen molar-refractivity contribution in [1.82, 2.24) is 9.97 Å². The number of hydrogen-bond donors (Lipinski definition) is 1. The Morgan fingerprint density at radius 2 is 2.12 bits per heavy atom. The van der Waals surface area contributed by atoms with Crippen molar-refractivity contribution in [2.24, 2.45) is 0 Å². The van der Waals surface area contributed by atoms with E-state index in [0.717, 1.165) is 0 Å². The Balaban J connectivity index is 2.74. The summed E-state index contributed by atoms with van der Waals surface area (Å²) < 4.78 is 0. The number of hydrogen-bond acceptors (Lipinski definition) is 3. The molecule has 0 unspecified atom stereocenters. The molecule has 1 rings (SSSR count). The Kier molecular flexibility index (Phi) is 4.95. The molecule has 84 valence electrons. The second-order valence-corrected chi connectivity index (χ2v) is 3.44. The quantitative estimate of drug-likeness (QED) is 0.515. The maximum absolute atomic E-state index is 11.4. The normalized spacial score (nSPS) is 11.2. The summed E-state index contributed by atoms with van der Waals surface area (Å²) in [6.45, 7) is 1.85. The average molecular weight is 258 g/mol. The van der Waals surface area contributed by atoms with E-state index in [-0.39, 0.29) is 21.9 Å². The van der Waals surface area contributed by atoms with Crippen molar-refractivity contribution in [3.63, 3.8) is 0 Å². The predicted octanol–water partition coefficient (Wildman–Crippen LogP) is 2.85. The summed E-state index contributed by atoms with van der Waals surface area (Å²) in [5.41, 5.74) is 0. The molecule has 0 bridgehead atoms. The van der Waals surface area contributed by atoms with Crippen molar-refractivity contribution in [2.75, 3.05) is 5.32 Å². The minimum atomic E-state index is -0.338. The highest BCUT2D eigenvalue weighted by Crippen LogP contribution is 2.25. The molecule has 0 aliphatic rings. The molecular weight excluding hydrogens is 249 g/mol. The van der Waals surface area contributed by atoms with Crippen LogP contribution in [-0.2, 0) is 4.79 Å².